The van der Waals surface area contributed by atoms with Gasteiger partial charge in [-0.1, -0.05) is 36.9 Å². The number of aryl methyl sites for hydroxylation is 1. The molecule has 0 amide bonds. The van der Waals surface area contributed by atoms with Crippen molar-refractivity contribution >= 4 is 40.6 Å². The van der Waals surface area contributed by atoms with Crippen molar-refractivity contribution in [2.75, 3.05) is 11.1 Å². The van der Waals surface area contributed by atoms with E-state index in [1.807, 2.05) is 17.8 Å². The summed E-state index contributed by atoms with van der Waals surface area (Å²) in [4.78, 5) is 1.15. The van der Waals surface area contributed by atoms with E-state index in [2.05, 4.69) is 55.7 Å². The van der Waals surface area contributed by atoms with E-state index in [1.54, 1.807) is 11.3 Å². The third-order valence-corrected chi connectivity index (χ3v) is 6.63. The highest BCUT2D eigenvalue weighted by Crippen LogP contribution is 2.39. The van der Waals surface area contributed by atoms with E-state index in [9.17, 15) is 0 Å². The smallest absolute Gasteiger partial charge is 0.0695 e. The van der Waals surface area contributed by atoms with Gasteiger partial charge in [0.1, 0.15) is 0 Å². The second-order valence-corrected chi connectivity index (χ2v) is 8.55. The molecule has 0 aliphatic carbocycles. The highest BCUT2D eigenvalue weighted by molar-refractivity contribution is 8.01. The van der Waals surface area contributed by atoms with Crippen molar-refractivity contribution in [2.45, 2.75) is 24.0 Å². The lowest BCUT2D eigenvalue weighted by molar-refractivity contribution is 0.666. The fourth-order valence-electron chi connectivity index (χ4n) is 2.84. The van der Waals surface area contributed by atoms with Gasteiger partial charge in [-0.3, -0.25) is 0 Å². The molecule has 3 rings (SSSR count). The van der Waals surface area contributed by atoms with E-state index in [1.165, 1.54) is 9.77 Å². The Morgan fingerprint density at radius 2 is 2.12 bits per heavy atom. The molecule has 1 aromatic heterocycles. The quantitative estimate of drug-likeness (QED) is 0.671. The molecule has 0 bridgehead atoms. The first-order valence-electron chi connectivity index (χ1n) is 8.06. The molecule has 24 heavy (non-hydrogen) atoms. The topological polar surface area (TPSA) is 35.9 Å². The summed E-state index contributed by atoms with van der Waals surface area (Å²) in [6.45, 7) is 10.1. The van der Waals surface area contributed by atoms with Gasteiger partial charge in [-0.15, -0.1) is 23.1 Å². The molecule has 2 N–H and O–H groups in total. The number of allylic oxidation sites excluding steroid dienone is 1. The first kappa shape index (κ1) is 17.1. The van der Waals surface area contributed by atoms with E-state index in [4.69, 9.17) is 5.41 Å². The molecule has 0 spiro atoms. The average molecular weight is 355 g/mol. The van der Waals surface area contributed by atoms with Crippen molar-refractivity contribution in [1.29, 1.82) is 5.41 Å². The molecule has 2 aromatic rings. The van der Waals surface area contributed by atoms with Crippen LogP contribution >= 0.6 is 23.1 Å². The van der Waals surface area contributed by atoms with E-state index < -0.39 is 0 Å². The average Bonchev–Trinajstić information content (AvgIpc) is 2.93. The summed E-state index contributed by atoms with van der Waals surface area (Å²) in [5.41, 5.74) is 5.11. The molecule has 0 radical (unpaired) electrons. The molecule has 0 fully saturated rings. The molecule has 2 nitrogen and oxygen atoms in total. The zero-order valence-electron chi connectivity index (χ0n) is 13.9. The Morgan fingerprint density at radius 3 is 2.83 bits per heavy atom. The predicted molar refractivity (Wildman–Crippen MR) is 109 cm³/mol. The van der Waals surface area contributed by atoms with Crippen LogP contribution < -0.4 is 5.32 Å². The van der Waals surface area contributed by atoms with Gasteiger partial charge >= 0.3 is 0 Å². The Hall–Kier alpha value is -1.78. The van der Waals surface area contributed by atoms with Gasteiger partial charge in [-0.25, -0.2) is 0 Å². The van der Waals surface area contributed by atoms with Crippen LogP contribution in [0.2, 0.25) is 0 Å². The van der Waals surface area contributed by atoms with E-state index in [0.29, 0.717) is 0 Å². The van der Waals surface area contributed by atoms with Crippen molar-refractivity contribution in [2.24, 2.45) is 5.92 Å². The summed E-state index contributed by atoms with van der Waals surface area (Å²) in [6.07, 6.45) is 3.69. The van der Waals surface area contributed by atoms with Crippen LogP contribution in [0.1, 0.15) is 28.8 Å². The summed E-state index contributed by atoms with van der Waals surface area (Å²) in [6, 6.07) is 10.4. The molecular weight excluding hydrogens is 332 g/mol. The molecule has 4 heteroatoms. The monoisotopic (exact) mass is 354 g/mol. The molecule has 1 unspecified atom stereocenters. The van der Waals surface area contributed by atoms with Gasteiger partial charge in [0.15, 0.2) is 0 Å². The van der Waals surface area contributed by atoms with Gasteiger partial charge in [0, 0.05) is 33.5 Å². The summed E-state index contributed by atoms with van der Waals surface area (Å²) < 4.78 is 1.26. The summed E-state index contributed by atoms with van der Waals surface area (Å²) in [7, 11) is 0. The number of anilines is 1. The Bertz CT molecular complexity index is 771. The van der Waals surface area contributed by atoms with Crippen LogP contribution in [0.4, 0.5) is 5.69 Å². The Morgan fingerprint density at radius 1 is 1.38 bits per heavy atom. The maximum Gasteiger partial charge on any atom is 0.0695 e. The molecule has 1 aliphatic heterocycles. The number of thioether (sulfide) groups is 1. The van der Waals surface area contributed by atoms with Gasteiger partial charge in [0.25, 0.3) is 0 Å². The number of thiophene rings is 1. The SMILES string of the molecule is C=Cc1cc2c(s1)SCCC(CC(=C)Nc1ccc(C)cc1)C2=N. The van der Waals surface area contributed by atoms with E-state index in [0.717, 1.165) is 46.1 Å². The highest BCUT2D eigenvalue weighted by Gasteiger charge is 2.25. The minimum absolute atomic E-state index is 0.219. The van der Waals surface area contributed by atoms with Crippen molar-refractivity contribution in [3.63, 3.8) is 0 Å². The van der Waals surface area contributed by atoms with Gasteiger partial charge in [0.2, 0.25) is 0 Å². The number of rotatable bonds is 5. The maximum atomic E-state index is 8.65. The third-order valence-electron chi connectivity index (χ3n) is 4.18. The van der Waals surface area contributed by atoms with Crippen molar-refractivity contribution in [1.82, 2.24) is 0 Å². The third kappa shape index (κ3) is 3.82. The highest BCUT2D eigenvalue weighted by atomic mass is 32.2. The van der Waals surface area contributed by atoms with Crippen LogP contribution in [0, 0.1) is 18.3 Å². The first-order chi connectivity index (χ1) is 11.6. The van der Waals surface area contributed by atoms with Crippen LogP contribution in [0.25, 0.3) is 6.08 Å². The number of hydrogen-bond acceptors (Lipinski definition) is 4. The van der Waals surface area contributed by atoms with Crippen LogP contribution in [0.3, 0.4) is 0 Å². The predicted octanol–water partition coefficient (Wildman–Crippen LogP) is 6.20. The van der Waals surface area contributed by atoms with Crippen LogP contribution in [-0.2, 0) is 0 Å². The fraction of sp³-hybridized carbons (Fsp3) is 0.250. The van der Waals surface area contributed by atoms with Gasteiger partial charge in [0.05, 0.1) is 4.21 Å². The van der Waals surface area contributed by atoms with Crippen molar-refractivity contribution in [3.8, 4) is 0 Å². The lowest BCUT2D eigenvalue weighted by atomic mass is 9.91. The molecule has 1 atom stereocenters. The standard InChI is InChI=1S/C20H22N2S2/c1-4-17-12-18-19(21)15(9-10-23-20(18)24-17)11-14(3)22-16-7-5-13(2)6-8-16/h4-8,12,15,21-22H,1,3,9-11H2,2H3. The summed E-state index contributed by atoms with van der Waals surface area (Å²) in [5, 5.41) is 12.0. The van der Waals surface area contributed by atoms with Crippen LogP contribution in [0.15, 0.2) is 53.4 Å². The van der Waals surface area contributed by atoms with E-state index >= 15 is 0 Å². The Balaban J connectivity index is 1.69. The molecule has 1 aromatic carbocycles. The number of fused-ring (bicyclic) bond motifs is 1. The largest absolute Gasteiger partial charge is 0.359 e. The molecule has 1 aliphatic rings. The zero-order valence-corrected chi connectivity index (χ0v) is 15.5. The van der Waals surface area contributed by atoms with Crippen molar-refractivity contribution < 1.29 is 0 Å². The van der Waals surface area contributed by atoms with E-state index in [-0.39, 0.29) is 5.92 Å². The number of benzene rings is 1. The number of hydrogen-bond donors (Lipinski definition) is 2. The first-order valence-corrected chi connectivity index (χ1v) is 9.86. The maximum absolute atomic E-state index is 8.65. The normalized spacial score (nSPS) is 17.0. The lowest BCUT2D eigenvalue weighted by Gasteiger charge is -2.18. The second kappa shape index (κ2) is 7.41. The summed E-state index contributed by atoms with van der Waals surface area (Å²) in [5.74, 6) is 1.27. The Kier molecular flexibility index (Phi) is 5.27. The molecule has 2 heterocycles. The van der Waals surface area contributed by atoms with Gasteiger partial charge in [-0.05, 0) is 43.7 Å². The van der Waals surface area contributed by atoms with Crippen LogP contribution in [-0.4, -0.2) is 11.5 Å². The van der Waals surface area contributed by atoms with Crippen LogP contribution in [0.5, 0.6) is 0 Å². The molecule has 124 valence electrons. The number of nitrogens with one attached hydrogen (secondary N) is 2. The fourth-order valence-corrected chi connectivity index (χ4v) is 5.28. The lowest BCUT2D eigenvalue weighted by Crippen LogP contribution is -2.17. The van der Waals surface area contributed by atoms with Gasteiger partial charge < -0.3 is 10.7 Å². The Labute approximate surface area is 152 Å². The minimum Gasteiger partial charge on any atom is -0.359 e. The van der Waals surface area contributed by atoms with Gasteiger partial charge in [-0.2, -0.15) is 0 Å². The second-order valence-electron chi connectivity index (χ2n) is 6.10. The molecular formula is C20H22N2S2. The van der Waals surface area contributed by atoms with Crippen molar-refractivity contribution in [3.05, 3.63) is 65.2 Å². The summed E-state index contributed by atoms with van der Waals surface area (Å²) >= 11 is 3.61. The molecule has 0 saturated heterocycles. The molecule has 0 saturated carbocycles. The minimum atomic E-state index is 0.219. The zero-order chi connectivity index (χ0) is 17.1.